The summed E-state index contributed by atoms with van der Waals surface area (Å²) in [7, 11) is -9.95. The number of unbranched alkanes of at least 4 members (excludes halogenated alkanes) is 36. The molecule has 0 aliphatic heterocycles. The van der Waals surface area contributed by atoms with Gasteiger partial charge in [0.05, 0.1) is 26.4 Å². The van der Waals surface area contributed by atoms with E-state index in [0.29, 0.717) is 32.1 Å². The van der Waals surface area contributed by atoms with Crippen LogP contribution in [0.15, 0.2) is 72.9 Å². The SMILES string of the molecule is CCCCC/C=C\C/C=C\C/C=C\C/C=C\CCCC(=O)OC[C@H](COP(=O)(O)OC[C@H](O)COP(=O)(O)OC[C@@H](COC(=O)CCCCCCC/C=C\CCCCCCCC)OC(=O)CCCCCCC/C=C\CCCCCC)OC(=O)CCCCCCCCCCCCCCC. The lowest BCUT2D eigenvalue weighted by Crippen LogP contribution is -2.30. The highest BCUT2D eigenvalue weighted by Crippen LogP contribution is 2.45. The minimum Gasteiger partial charge on any atom is -0.462 e. The number of ether oxygens (including phenoxy) is 4. The molecule has 0 fully saturated rings. The van der Waals surface area contributed by atoms with Crippen molar-refractivity contribution in [2.45, 2.75) is 367 Å². The summed E-state index contributed by atoms with van der Waals surface area (Å²) in [5.41, 5.74) is 0. The van der Waals surface area contributed by atoms with Crippen LogP contribution in [0.1, 0.15) is 349 Å². The van der Waals surface area contributed by atoms with E-state index in [2.05, 4.69) is 88.5 Å². The molecular formula is C79H142O17P2. The second-order valence-electron chi connectivity index (χ2n) is 26.3. The van der Waals surface area contributed by atoms with Crippen LogP contribution in [0, 0.1) is 0 Å². The molecule has 98 heavy (non-hydrogen) atoms. The topological polar surface area (TPSA) is 237 Å². The van der Waals surface area contributed by atoms with Gasteiger partial charge in [0.25, 0.3) is 0 Å². The van der Waals surface area contributed by atoms with Crippen LogP contribution in [0.4, 0.5) is 0 Å². The Morgan fingerprint density at radius 2 is 0.510 bits per heavy atom. The summed E-state index contributed by atoms with van der Waals surface area (Å²) < 4.78 is 68.4. The zero-order chi connectivity index (χ0) is 71.8. The molecule has 0 bridgehead atoms. The first kappa shape index (κ1) is 94.5. The summed E-state index contributed by atoms with van der Waals surface area (Å²) >= 11 is 0. The van der Waals surface area contributed by atoms with E-state index in [9.17, 15) is 43.2 Å². The number of esters is 4. The fraction of sp³-hybridized carbons (Fsp3) is 0.797. The van der Waals surface area contributed by atoms with Gasteiger partial charge in [0.2, 0.25) is 0 Å². The van der Waals surface area contributed by atoms with Crippen molar-refractivity contribution in [1.82, 2.24) is 0 Å². The van der Waals surface area contributed by atoms with Gasteiger partial charge in [0.1, 0.15) is 19.3 Å². The summed E-state index contributed by atoms with van der Waals surface area (Å²) in [6.07, 6.45) is 71.8. The molecule has 0 aliphatic rings. The molecule has 2 unspecified atom stereocenters. The van der Waals surface area contributed by atoms with Crippen LogP contribution in [-0.4, -0.2) is 96.7 Å². The average Bonchev–Trinajstić information content (AvgIpc) is 0.969. The number of allylic oxidation sites excluding steroid dienone is 12. The number of carbonyl (C=O) groups excluding carboxylic acids is 4. The quantitative estimate of drug-likeness (QED) is 0.0169. The summed E-state index contributed by atoms with van der Waals surface area (Å²) in [4.78, 5) is 72.8. The highest BCUT2D eigenvalue weighted by molar-refractivity contribution is 7.47. The summed E-state index contributed by atoms with van der Waals surface area (Å²) in [6, 6.07) is 0. The van der Waals surface area contributed by atoms with Crippen molar-refractivity contribution in [2.75, 3.05) is 39.6 Å². The lowest BCUT2D eigenvalue weighted by Gasteiger charge is -2.21. The van der Waals surface area contributed by atoms with Crippen LogP contribution >= 0.6 is 15.6 Å². The van der Waals surface area contributed by atoms with E-state index in [0.717, 1.165) is 128 Å². The Hall–Kier alpha value is -3.50. The van der Waals surface area contributed by atoms with Gasteiger partial charge < -0.3 is 33.8 Å². The maximum absolute atomic E-state index is 13.1. The predicted molar refractivity (Wildman–Crippen MR) is 400 cm³/mol. The molecule has 0 radical (unpaired) electrons. The van der Waals surface area contributed by atoms with Crippen molar-refractivity contribution in [2.24, 2.45) is 0 Å². The fourth-order valence-corrected chi connectivity index (χ4v) is 12.2. The Morgan fingerprint density at radius 1 is 0.286 bits per heavy atom. The molecule has 0 aromatic heterocycles. The van der Waals surface area contributed by atoms with Gasteiger partial charge in [-0.2, -0.15) is 0 Å². The summed E-state index contributed by atoms with van der Waals surface area (Å²) in [6.45, 7) is 4.79. The number of aliphatic hydroxyl groups is 1. The zero-order valence-corrected chi connectivity index (χ0v) is 64.0. The molecule has 0 heterocycles. The molecule has 0 aromatic carbocycles. The molecule has 0 saturated carbocycles. The number of hydrogen-bond acceptors (Lipinski definition) is 15. The van der Waals surface area contributed by atoms with Crippen LogP contribution in [0.5, 0.6) is 0 Å². The molecule has 17 nitrogen and oxygen atoms in total. The number of aliphatic hydroxyl groups excluding tert-OH is 1. The highest BCUT2D eigenvalue weighted by atomic mass is 31.2. The second-order valence-corrected chi connectivity index (χ2v) is 29.2. The van der Waals surface area contributed by atoms with Gasteiger partial charge in [-0.15, -0.1) is 0 Å². The number of rotatable bonds is 74. The van der Waals surface area contributed by atoms with E-state index in [1.54, 1.807) is 0 Å². The number of carbonyl (C=O) groups is 4. The molecule has 0 aliphatic carbocycles. The Bertz CT molecular complexity index is 2140. The first-order valence-corrected chi connectivity index (χ1v) is 42.2. The van der Waals surface area contributed by atoms with E-state index < -0.39 is 97.5 Å². The van der Waals surface area contributed by atoms with Gasteiger partial charge >= 0.3 is 39.5 Å². The first-order chi connectivity index (χ1) is 47.7. The van der Waals surface area contributed by atoms with Crippen molar-refractivity contribution in [3.05, 3.63) is 72.9 Å². The van der Waals surface area contributed by atoms with Crippen molar-refractivity contribution >= 4 is 39.5 Å². The maximum atomic E-state index is 13.1. The predicted octanol–water partition coefficient (Wildman–Crippen LogP) is 22.4. The van der Waals surface area contributed by atoms with Gasteiger partial charge in [-0.3, -0.25) is 37.3 Å². The van der Waals surface area contributed by atoms with Gasteiger partial charge in [0.15, 0.2) is 12.2 Å². The molecular weight excluding hydrogens is 1280 g/mol. The van der Waals surface area contributed by atoms with Crippen LogP contribution in [0.3, 0.4) is 0 Å². The van der Waals surface area contributed by atoms with Crippen LogP contribution in [-0.2, 0) is 65.4 Å². The smallest absolute Gasteiger partial charge is 0.462 e. The first-order valence-electron chi connectivity index (χ1n) is 39.2. The van der Waals surface area contributed by atoms with Gasteiger partial charge in [0, 0.05) is 25.7 Å². The lowest BCUT2D eigenvalue weighted by atomic mass is 10.0. The normalized spacial score (nSPS) is 14.3. The molecule has 0 aromatic rings. The molecule has 3 N–H and O–H groups in total. The number of phosphoric acid groups is 2. The summed E-state index contributed by atoms with van der Waals surface area (Å²) in [5.74, 6) is -2.23. The monoisotopic (exact) mass is 1420 g/mol. The molecule has 0 rings (SSSR count). The molecule has 570 valence electrons. The highest BCUT2D eigenvalue weighted by Gasteiger charge is 2.30. The van der Waals surface area contributed by atoms with E-state index in [-0.39, 0.29) is 25.7 Å². The van der Waals surface area contributed by atoms with Gasteiger partial charge in [-0.25, -0.2) is 9.13 Å². The lowest BCUT2D eigenvalue weighted by molar-refractivity contribution is -0.161. The standard InChI is InChI=1S/C79H142O17P2/c1-5-9-13-17-21-25-29-33-35-36-38-42-44-48-52-56-60-64-77(82)90-70-75(96-79(84)66-62-58-54-50-46-40-32-28-24-20-16-12-8-4)72-94-98(87,88)92-68-73(80)67-91-97(85,86)93-71-74(95-78(83)65-61-57-53-49-45-39-31-27-23-19-15-11-7-3)69-89-76(81)63-59-55-51-47-43-41-37-34-30-26-22-18-14-10-6-2/h21,25,27,31,33-35,37-38,42,48,52,73-75,80H,5-20,22-24,26,28-30,32,36,39-41,43-47,49-51,53-72H2,1-4H3,(H,85,86)(H,87,88)/b25-21-,31-27-,35-33-,37-34-,42-38-,52-48-/t73-,74-,75-/m1/s1. The molecule has 5 atom stereocenters. The molecule has 0 amide bonds. The van der Waals surface area contributed by atoms with Crippen LogP contribution < -0.4 is 0 Å². The Kier molecular flexibility index (Phi) is 69.3. The van der Waals surface area contributed by atoms with E-state index in [1.165, 1.54) is 135 Å². The van der Waals surface area contributed by atoms with Gasteiger partial charge in [-0.05, 0) is 116 Å². The number of phosphoric ester groups is 2. The van der Waals surface area contributed by atoms with Crippen molar-refractivity contribution in [3.63, 3.8) is 0 Å². The second kappa shape index (κ2) is 71.9. The maximum Gasteiger partial charge on any atom is 0.472 e. The largest absolute Gasteiger partial charge is 0.472 e. The molecule has 0 spiro atoms. The van der Waals surface area contributed by atoms with Crippen LogP contribution in [0.25, 0.3) is 0 Å². The third-order valence-corrected chi connectivity index (χ3v) is 18.5. The van der Waals surface area contributed by atoms with Crippen LogP contribution in [0.2, 0.25) is 0 Å². The fourth-order valence-electron chi connectivity index (χ4n) is 10.6. The number of hydrogen-bond donors (Lipinski definition) is 3. The average molecular weight is 1430 g/mol. The third kappa shape index (κ3) is 70.9. The van der Waals surface area contributed by atoms with Crippen molar-refractivity contribution < 1.29 is 80.2 Å². The Labute approximate surface area is 596 Å². The third-order valence-electron chi connectivity index (χ3n) is 16.6. The minimum absolute atomic E-state index is 0.0853. The van der Waals surface area contributed by atoms with E-state index in [1.807, 2.05) is 12.2 Å². The van der Waals surface area contributed by atoms with Crippen molar-refractivity contribution in [1.29, 1.82) is 0 Å². The Balaban J connectivity index is 5.37. The van der Waals surface area contributed by atoms with Crippen molar-refractivity contribution in [3.8, 4) is 0 Å². The zero-order valence-electron chi connectivity index (χ0n) is 62.2. The summed E-state index contributed by atoms with van der Waals surface area (Å²) in [5, 5.41) is 10.6. The molecule has 0 saturated heterocycles. The van der Waals surface area contributed by atoms with Gasteiger partial charge in [-0.1, -0.05) is 280 Å². The minimum atomic E-state index is -4.98. The Morgan fingerprint density at radius 3 is 0.847 bits per heavy atom. The van der Waals surface area contributed by atoms with E-state index >= 15 is 0 Å². The van der Waals surface area contributed by atoms with E-state index in [4.69, 9.17) is 37.0 Å². The molecule has 19 heteroatoms.